The fraction of sp³-hybridized carbons (Fsp3) is 0.529. The number of nitrogens with zero attached hydrogens (tertiary/aromatic N) is 3. The number of rotatable bonds is 3. The van der Waals surface area contributed by atoms with E-state index in [-0.39, 0.29) is 5.38 Å². The van der Waals surface area contributed by atoms with Crippen LogP contribution in [0.4, 0.5) is 0 Å². The largest absolute Gasteiger partial charge is 0.326 e. The van der Waals surface area contributed by atoms with Crippen LogP contribution in [-0.2, 0) is 6.54 Å². The van der Waals surface area contributed by atoms with Crippen LogP contribution in [0.1, 0.15) is 49.9 Å². The van der Waals surface area contributed by atoms with E-state index in [1.54, 1.807) is 0 Å². The van der Waals surface area contributed by atoms with E-state index in [1.165, 1.54) is 19.3 Å². The van der Waals surface area contributed by atoms with Gasteiger partial charge in [0.25, 0.3) is 0 Å². The van der Waals surface area contributed by atoms with Crippen molar-refractivity contribution in [3.63, 3.8) is 0 Å². The van der Waals surface area contributed by atoms with E-state index >= 15 is 0 Å². The molecule has 0 N–H and O–H groups in total. The molecular weight excluding hydrogens is 282 g/mol. The van der Waals surface area contributed by atoms with Crippen molar-refractivity contribution in [2.24, 2.45) is 11.8 Å². The van der Waals surface area contributed by atoms with Gasteiger partial charge in [-0.2, -0.15) is 5.26 Å². The highest BCUT2D eigenvalue weighted by Crippen LogP contribution is 2.34. The van der Waals surface area contributed by atoms with E-state index in [0.29, 0.717) is 11.5 Å². The Hall–Kier alpha value is -1.53. The number of aromatic nitrogens is 2. The molecule has 1 fully saturated rings. The first-order chi connectivity index (χ1) is 10.1. The summed E-state index contributed by atoms with van der Waals surface area (Å²) in [5.74, 6) is 2.39. The van der Waals surface area contributed by atoms with E-state index in [0.717, 1.165) is 29.3 Å². The molecule has 0 radical (unpaired) electrons. The van der Waals surface area contributed by atoms with Gasteiger partial charge in [-0.1, -0.05) is 19.4 Å². The summed E-state index contributed by atoms with van der Waals surface area (Å²) in [6.07, 6.45) is 3.86. The second kappa shape index (κ2) is 5.69. The molecule has 0 aliphatic heterocycles. The number of halogens is 1. The van der Waals surface area contributed by atoms with E-state index < -0.39 is 0 Å². The normalized spacial score (nSPS) is 23.3. The summed E-state index contributed by atoms with van der Waals surface area (Å²) in [5.41, 5.74) is 2.45. The van der Waals surface area contributed by atoms with E-state index in [9.17, 15) is 5.26 Å². The monoisotopic (exact) mass is 301 g/mol. The highest BCUT2D eigenvalue weighted by molar-refractivity contribution is 6.20. The zero-order valence-electron chi connectivity index (χ0n) is 12.5. The van der Waals surface area contributed by atoms with Crippen LogP contribution in [0.3, 0.4) is 0 Å². The number of fused-ring (bicyclic) bond motifs is 1. The van der Waals surface area contributed by atoms with Crippen molar-refractivity contribution in [2.75, 3.05) is 0 Å². The zero-order chi connectivity index (χ0) is 15.0. The lowest BCUT2D eigenvalue weighted by atomic mass is 10.1. The first-order valence-electron chi connectivity index (χ1n) is 7.63. The summed E-state index contributed by atoms with van der Waals surface area (Å²) in [6, 6.07) is 8.03. The molecule has 3 atom stereocenters. The van der Waals surface area contributed by atoms with Gasteiger partial charge in [0.05, 0.1) is 16.5 Å². The maximum Gasteiger partial charge on any atom is 0.127 e. The molecule has 0 bridgehead atoms. The van der Waals surface area contributed by atoms with E-state index in [4.69, 9.17) is 11.6 Å². The van der Waals surface area contributed by atoms with Gasteiger partial charge in [-0.3, -0.25) is 0 Å². The fourth-order valence-corrected chi connectivity index (χ4v) is 3.67. The molecule has 3 rings (SSSR count). The van der Waals surface area contributed by atoms with Gasteiger partial charge in [-0.15, -0.1) is 11.6 Å². The lowest BCUT2D eigenvalue weighted by Crippen LogP contribution is -2.11. The van der Waals surface area contributed by atoms with Gasteiger partial charge >= 0.3 is 0 Å². The quantitative estimate of drug-likeness (QED) is 0.775. The first kappa shape index (κ1) is 14.4. The molecule has 1 aromatic heterocycles. The molecular formula is C17H20ClN3. The number of imidazole rings is 1. The summed E-state index contributed by atoms with van der Waals surface area (Å²) in [5, 5.41) is 9.11. The van der Waals surface area contributed by atoms with Gasteiger partial charge in [0.2, 0.25) is 0 Å². The van der Waals surface area contributed by atoms with Crippen LogP contribution < -0.4 is 0 Å². The maximum absolute atomic E-state index is 9.26. The minimum absolute atomic E-state index is 0.150. The van der Waals surface area contributed by atoms with Gasteiger partial charge in [-0.25, -0.2) is 4.98 Å². The second-order valence-corrected chi connectivity index (χ2v) is 6.92. The average Bonchev–Trinajstić information content (AvgIpc) is 3.03. The molecule has 0 saturated heterocycles. The van der Waals surface area contributed by atoms with Crippen LogP contribution in [-0.4, -0.2) is 9.55 Å². The van der Waals surface area contributed by atoms with Crippen molar-refractivity contribution in [1.29, 1.82) is 5.26 Å². The summed E-state index contributed by atoms with van der Waals surface area (Å²) in [4.78, 5) is 4.65. The molecule has 1 aliphatic rings. The molecule has 0 spiro atoms. The van der Waals surface area contributed by atoms with Crippen LogP contribution in [0.5, 0.6) is 0 Å². The number of alkyl halides is 1. The summed E-state index contributed by atoms with van der Waals surface area (Å²) in [7, 11) is 0. The number of hydrogen-bond acceptors (Lipinski definition) is 2. The standard InChI is InChI=1S/C17H20ClN3/c1-11-6-7-13(8-11)10-21-15-5-3-4-14(9-19)16(15)20-17(21)12(2)18/h3-5,11-13H,6-8,10H2,1-2H3. The zero-order valence-corrected chi connectivity index (χ0v) is 13.3. The molecule has 3 nitrogen and oxygen atoms in total. The summed E-state index contributed by atoms with van der Waals surface area (Å²) in [6.45, 7) is 5.23. The molecule has 0 amide bonds. The lowest BCUT2D eigenvalue weighted by Gasteiger charge is -2.15. The Morgan fingerprint density at radius 2 is 2.29 bits per heavy atom. The SMILES string of the molecule is CC1CCC(Cn2c(C(C)Cl)nc3c(C#N)cccc32)C1. The van der Waals surface area contributed by atoms with E-state index in [1.807, 2.05) is 25.1 Å². The summed E-state index contributed by atoms with van der Waals surface area (Å²) < 4.78 is 2.23. The molecule has 21 heavy (non-hydrogen) atoms. The van der Waals surface area contributed by atoms with Crippen LogP contribution in [0.2, 0.25) is 0 Å². The fourth-order valence-electron chi connectivity index (χ4n) is 3.50. The predicted molar refractivity (Wildman–Crippen MR) is 85.2 cm³/mol. The number of nitriles is 1. The van der Waals surface area contributed by atoms with Crippen LogP contribution in [0.15, 0.2) is 18.2 Å². The Labute approximate surface area is 130 Å². The number of benzene rings is 1. The number of para-hydroxylation sites is 1. The molecule has 1 aliphatic carbocycles. The van der Waals surface area contributed by atoms with Crippen LogP contribution in [0.25, 0.3) is 11.0 Å². The smallest absolute Gasteiger partial charge is 0.127 e. The molecule has 3 unspecified atom stereocenters. The Balaban J connectivity index is 2.07. The third-order valence-electron chi connectivity index (χ3n) is 4.53. The third kappa shape index (κ3) is 2.65. The Morgan fingerprint density at radius 1 is 1.48 bits per heavy atom. The average molecular weight is 302 g/mol. The molecule has 1 saturated carbocycles. The lowest BCUT2D eigenvalue weighted by molar-refractivity contribution is 0.438. The van der Waals surface area contributed by atoms with Gasteiger partial charge < -0.3 is 4.57 Å². The van der Waals surface area contributed by atoms with E-state index in [2.05, 4.69) is 22.5 Å². The van der Waals surface area contributed by atoms with Crippen molar-refractivity contribution < 1.29 is 0 Å². The maximum atomic E-state index is 9.26. The van der Waals surface area contributed by atoms with Crippen LogP contribution >= 0.6 is 11.6 Å². The minimum atomic E-state index is -0.150. The van der Waals surface area contributed by atoms with Crippen molar-refractivity contribution in [3.8, 4) is 6.07 Å². The summed E-state index contributed by atoms with van der Waals surface area (Å²) >= 11 is 6.32. The Kier molecular flexibility index (Phi) is 3.91. The Bertz CT molecular complexity index is 696. The Morgan fingerprint density at radius 3 is 2.90 bits per heavy atom. The second-order valence-electron chi connectivity index (χ2n) is 6.27. The topological polar surface area (TPSA) is 41.6 Å². The van der Waals surface area contributed by atoms with Crippen molar-refractivity contribution in [1.82, 2.24) is 9.55 Å². The van der Waals surface area contributed by atoms with Crippen molar-refractivity contribution in [3.05, 3.63) is 29.6 Å². The molecule has 1 aromatic carbocycles. The van der Waals surface area contributed by atoms with Crippen molar-refractivity contribution >= 4 is 22.6 Å². The predicted octanol–water partition coefficient (Wildman–Crippen LogP) is 4.64. The van der Waals surface area contributed by atoms with Gasteiger partial charge in [0.15, 0.2) is 0 Å². The van der Waals surface area contributed by atoms with Gasteiger partial charge in [-0.05, 0) is 43.7 Å². The molecule has 4 heteroatoms. The number of hydrogen-bond donors (Lipinski definition) is 0. The van der Waals surface area contributed by atoms with Crippen LogP contribution in [0, 0.1) is 23.2 Å². The molecule has 1 heterocycles. The molecule has 2 aromatic rings. The molecule has 110 valence electrons. The highest BCUT2D eigenvalue weighted by atomic mass is 35.5. The first-order valence-corrected chi connectivity index (χ1v) is 8.07. The van der Waals surface area contributed by atoms with Crippen molar-refractivity contribution in [2.45, 2.75) is 45.0 Å². The minimum Gasteiger partial charge on any atom is -0.326 e. The van der Waals surface area contributed by atoms with Gasteiger partial charge in [0, 0.05) is 6.54 Å². The third-order valence-corrected chi connectivity index (χ3v) is 4.72. The highest BCUT2D eigenvalue weighted by Gasteiger charge is 2.25. The van der Waals surface area contributed by atoms with Gasteiger partial charge in [0.1, 0.15) is 17.4 Å².